The van der Waals surface area contributed by atoms with Gasteiger partial charge in [-0.3, -0.25) is 0 Å². The van der Waals surface area contributed by atoms with E-state index in [4.69, 9.17) is 0 Å². The summed E-state index contributed by atoms with van der Waals surface area (Å²) in [6, 6.07) is 33.5. The second-order valence-corrected chi connectivity index (χ2v) is 18.5. The van der Waals surface area contributed by atoms with Crippen molar-refractivity contribution >= 4 is 28.3 Å². The molecule has 0 fully saturated rings. The van der Waals surface area contributed by atoms with Gasteiger partial charge in [-0.15, -0.1) is 0 Å². The van der Waals surface area contributed by atoms with Crippen molar-refractivity contribution in [3.8, 4) is 44.5 Å². The molecular weight excluding hydrogens is 695 g/mol. The Morgan fingerprint density at radius 3 is 0.796 bits per heavy atom. The Labute approximate surface area is 305 Å². The zero-order valence-electron chi connectivity index (χ0n) is 31.6. The predicted molar refractivity (Wildman–Crippen MR) is 216 cm³/mol. The summed E-state index contributed by atoms with van der Waals surface area (Å²) >= 11 is -1.39. The average molecular weight is 746 g/mol. The number of hydrogen-bond donors (Lipinski definition) is 0. The molecule has 246 valence electrons. The molecule has 0 aliphatic rings. The molecule has 6 aromatic carbocycles. The Bertz CT molecular complexity index is 2010. The molecule has 0 aliphatic heterocycles. The molecule has 0 aliphatic carbocycles. The Morgan fingerprint density at radius 2 is 0.531 bits per heavy atom. The second kappa shape index (κ2) is 13.8. The van der Waals surface area contributed by atoms with Crippen LogP contribution in [0.2, 0.25) is 0 Å². The summed E-state index contributed by atoms with van der Waals surface area (Å²) in [7, 11) is 0. The Kier molecular flexibility index (Phi) is 9.84. The van der Waals surface area contributed by atoms with Gasteiger partial charge in [0.2, 0.25) is 0 Å². The number of aryl methyl sites for hydroxylation is 12. The van der Waals surface area contributed by atoms with Crippen LogP contribution in [-0.2, 0) is 0 Å². The number of hydrogen-bond acceptors (Lipinski definition) is 0. The third kappa shape index (κ3) is 6.95. The fraction of sp³-hybridized carbons (Fsp3) is 0.250. The van der Waals surface area contributed by atoms with Crippen LogP contribution in [0.5, 0.6) is 0 Å². The van der Waals surface area contributed by atoms with Crippen LogP contribution in [0.1, 0.15) is 66.8 Å². The van der Waals surface area contributed by atoms with Gasteiger partial charge in [-0.25, -0.2) is 0 Å². The van der Waals surface area contributed by atoms with Gasteiger partial charge >= 0.3 is 308 Å². The van der Waals surface area contributed by atoms with Gasteiger partial charge < -0.3 is 0 Å². The van der Waals surface area contributed by atoms with Gasteiger partial charge in [0.05, 0.1) is 0 Å². The van der Waals surface area contributed by atoms with Crippen molar-refractivity contribution < 1.29 is 0 Å². The zero-order valence-corrected chi connectivity index (χ0v) is 34.4. The first kappa shape index (κ1) is 35.0. The topological polar surface area (TPSA) is 0 Å². The van der Waals surface area contributed by atoms with E-state index in [2.05, 4.69) is 168 Å². The van der Waals surface area contributed by atoms with Crippen molar-refractivity contribution in [2.75, 3.05) is 0 Å². The molecule has 0 bridgehead atoms. The Morgan fingerprint density at radius 1 is 0.286 bits per heavy atom. The van der Waals surface area contributed by atoms with Crippen molar-refractivity contribution in [3.05, 3.63) is 152 Å². The van der Waals surface area contributed by atoms with E-state index in [-0.39, 0.29) is 0 Å². The quantitative estimate of drug-likeness (QED) is 0.149. The van der Waals surface area contributed by atoms with Crippen LogP contribution in [0.4, 0.5) is 0 Å². The summed E-state index contributed by atoms with van der Waals surface area (Å²) in [5.74, 6) is 0. The van der Waals surface area contributed by atoms with E-state index in [0.717, 1.165) is 0 Å². The van der Waals surface area contributed by atoms with Crippen LogP contribution in [0.15, 0.2) is 84.9 Å². The van der Waals surface area contributed by atoms with Crippen LogP contribution >= 0.6 is 0 Å². The van der Waals surface area contributed by atoms with Crippen LogP contribution in [0.25, 0.3) is 44.5 Å². The molecule has 0 spiro atoms. The molecule has 6 aromatic rings. The summed E-state index contributed by atoms with van der Waals surface area (Å²) < 4.78 is 3.07. The molecule has 0 amide bonds. The second-order valence-electron chi connectivity index (χ2n) is 14.7. The van der Waals surface area contributed by atoms with Crippen molar-refractivity contribution in [1.82, 2.24) is 0 Å². The molecule has 0 nitrogen and oxygen atoms in total. The molecule has 0 saturated heterocycles. The van der Waals surface area contributed by atoms with E-state index >= 15 is 0 Å². The third-order valence-corrected chi connectivity index (χ3v) is 14.0. The molecule has 0 aromatic heterocycles. The first-order chi connectivity index (χ1) is 23.2. The van der Waals surface area contributed by atoms with E-state index < -0.39 is 21.1 Å². The molecule has 49 heavy (non-hydrogen) atoms. The van der Waals surface area contributed by atoms with E-state index in [1.807, 2.05) is 0 Å². The summed E-state index contributed by atoms with van der Waals surface area (Å²) in [5.41, 5.74) is 27.2. The molecule has 1 heteroatoms. The molecular formula is C48H50Sn. The molecule has 6 rings (SSSR count). The molecule has 0 atom stereocenters. The Balaban J connectivity index is 1.65. The minimum atomic E-state index is -1.39. The van der Waals surface area contributed by atoms with Crippen molar-refractivity contribution in [1.29, 1.82) is 0 Å². The van der Waals surface area contributed by atoms with Gasteiger partial charge in [-0.05, 0) is 0 Å². The van der Waals surface area contributed by atoms with Gasteiger partial charge in [0.15, 0.2) is 0 Å². The number of rotatable bonds is 6. The average Bonchev–Trinajstić information content (AvgIpc) is 2.97. The van der Waals surface area contributed by atoms with Gasteiger partial charge in [0, 0.05) is 0 Å². The molecule has 0 saturated carbocycles. The zero-order chi connectivity index (χ0) is 35.3. The van der Waals surface area contributed by atoms with Crippen LogP contribution in [0.3, 0.4) is 0 Å². The monoisotopic (exact) mass is 746 g/mol. The molecule has 0 heterocycles. The minimum absolute atomic E-state index is 1.32. The summed E-state index contributed by atoms with van der Waals surface area (Å²) in [4.78, 5) is 0. The molecule has 2 radical (unpaired) electrons. The molecule has 0 N–H and O–H groups in total. The van der Waals surface area contributed by atoms with E-state index in [1.54, 1.807) is 0 Å². The third-order valence-electron chi connectivity index (χ3n) is 10.1. The Hall–Kier alpha value is -3.88. The van der Waals surface area contributed by atoms with Gasteiger partial charge in [-0.2, -0.15) is 0 Å². The van der Waals surface area contributed by atoms with Crippen LogP contribution in [-0.4, -0.2) is 21.1 Å². The normalized spacial score (nSPS) is 11.3. The standard InChI is InChI=1S/2C24H25.Sn/c2*1-15-11-17(3)23(18(4)12-15)21-7-9-22(10-8-21)24-19(5)13-16(2)14-20(24)6;/h2*7-9,11-14H,1-6H3;. The van der Waals surface area contributed by atoms with Gasteiger partial charge in [-0.1, -0.05) is 0 Å². The maximum atomic E-state index is 2.57. The fourth-order valence-electron chi connectivity index (χ4n) is 8.67. The van der Waals surface area contributed by atoms with Crippen LogP contribution in [0, 0.1) is 83.1 Å². The summed E-state index contributed by atoms with van der Waals surface area (Å²) in [6.45, 7) is 27.1. The van der Waals surface area contributed by atoms with E-state index in [1.165, 1.54) is 118 Å². The fourth-order valence-corrected chi connectivity index (χ4v) is 12.8. The summed E-state index contributed by atoms with van der Waals surface area (Å²) in [6.07, 6.45) is 0. The van der Waals surface area contributed by atoms with Crippen molar-refractivity contribution in [2.45, 2.75) is 83.1 Å². The molecule has 0 unspecified atom stereocenters. The van der Waals surface area contributed by atoms with Gasteiger partial charge in [0.25, 0.3) is 0 Å². The first-order valence-corrected chi connectivity index (χ1v) is 20.4. The van der Waals surface area contributed by atoms with Crippen molar-refractivity contribution in [2.24, 2.45) is 0 Å². The first-order valence-electron chi connectivity index (χ1n) is 17.6. The van der Waals surface area contributed by atoms with Gasteiger partial charge in [0.1, 0.15) is 0 Å². The SMILES string of the molecule is Cc1cc(C)c(-c2ccc(-c3c(C)cc(C)cc3C)[c]([Sn][c]3cc(-c4c(C)cc(C)cc4C)ccc3-c3c(C)cc(C)cc3C)c2)c(C)c1. The van der Waals surface area contributed by atoms with E-state index in [0.29, 0.717) is 0 Å². The summed E-state index contributed by atoms with van der Waals surface area (Å²) in [5, 5.41) is 0. The van der Waals surface area contributed by atoms with Crippen molar-refractivity contribution in [3.63, 3.8) is 0 Å². The maximum absolute atomic E-state index is 2.57. The number of benzene rings is 6. The van der Waals surface area contributed by atoms with Crippen LogP contribution < -0.4 is 7.16 Å². The van der Waals surface area contributed by atoms with E-state index in [9.17, 15) is 0 Å². The predicted octanol–water partition coefficient (Wildman–Crippen LogP) is 11.7.